The van der Waals surface area contributed by atoms with E-state index in [2.05, 4.69) is 5.32 Å². The number of ether oxygens (including phenoxy) is 1. The molecule has 0 aliphatic carbocycles. The van der Waals surface area contributed by atoms with Gasteiger partial charge in [-0.2, -0.15) is 0 Å². The zero-order valence-electron chi connectivity index (χ0n) is 8.88. The van der Waals surface area contributed by atoms with Crippen LogP contribution in [0.15, 0.2) is 0 Å². The van der Waals surface area contributed by atoms with Crippen LogP contribution in [0.25, 0.3) is 0 Å². The van der Waals surface area contributed by atoms with Gasteiger partial charge in [0.25, 0.3) is 0 Å². The minimum Gasteiger partial charge on any atom is -0.481 e. The van der Waals surface area contributed by atoms with Crippen molar-refractivity contribution in [3.8, 4) is 0 Å². The first-order valence-electron chi connectivity index (χ1n) is 5.08. The topological polar surface area (TPSA) is 58.6 Å². The normalized spacial score (nSPS) is 23.4. The molecule has 0 spiro atoms. The lowest BCUT2D eigenvalue weighted by molar-refractivity contribution is -0.151. The molecular formula is C10H19NO3. The van der Waals surface area contributed by atoms with Crippen molar-refractivity contribution in [3.63, 3.8) is 0 Å². The predicted octanol–water partition coefficient (Wildman–Crippen LogP) is 0.866. The number of carboxylic acids is 1. The van der Waals surface area contributed by atoms with Crippen LogP contribution in [0.2, 0.25) is 0 Å². The molecule has 82 valence electrons. The Morgan fingerprint density at radius 2 is 2.36 bits per heavy atom. The van der Waals surface area contributed by atoms with E-state index in [4.69, 9.17) is 9.84 Å². The van der Waals surface area contributed by atoms with Gasteiger partial charge in [-0.15, -0.1) is 0 Å². The molecule has 1 fully saturated rings. The molecule has 0 saturated carbocycles. The molecule has 0 radical (unpaired) electrons. The van der Waals surface area contributed by atoms with Gasteiger partial charge in [-0.1, -0.05) is 0 Å². The van der Waals surface area contributed by atoms with Gasteiger partial charge in [0.05, 0.1) is 18.1 Å². The Hall–Kier alpha value is -0.610. The van der Waals surface area contributed by atoms with Gasteiger partial charge < -0.3 is 15.2 Å². The van der Waals surface area contributed by atoms with E-state index in [1.54, 1.807) is 13.8 Å². The summed E-state index contributed by atoms with van der Waals surface area (Å²) in [6, 6.07) is 0. The van der Waals surface area contributed by atoms with Crippen molar-refractivity contribution in [1.29, 1.82) is 0 Å². The number of hydrogen-bond acceptors (Lipinski definition) is 3. The fraction of sp³-hybridized carbons (Fsp3) is 0.900. The SMILES string of the molecule is CC(C)(CO[C@H]1CCCNC1)C(=O)O. The van der Waals surface area contributed by atoms with Crippen LogP contribution >= 0.6 is 0 Å². The maximum atomic E-state index is 10.8. The molecule has 1 rings (SSSR count). The molecule has 0 unspecified atom stereocenters. The van der Waals surface area contributed by atoms with Crippen molar-refractivity contribution in [2.75, 3.05) is 19.7 Å². The zero-order chi connectivity index (χ0) is 10.6. The lowest BCUT2D eigenvalue weighted by Gasteiger charge is -2.27. The monoisotopic (exact) mass is 201 g/mol. The van der Waals surface area contributed by atoms with Gasteiger partial charge in [0.15, 0.2) is 0 Å². The van der Waals surface area contributed by atoms with E-state index in [1.165, 1.54) is 0 Å². The largest absolute Gasteiger partial charge is 0.481 e. The molecule has 0 aromatic heterocycles. The summed E-state index contributed by atoms with van der Waals surface area (Å²) in [7, 11) is 0. The number of rotatable bonds is 4. The zero-order valence-corrected chi connectivity index (χ0v) is 8.88. The second kappa shape index (κ2) is 4.75. The van der Waals surface area contributed by atoms with E-state index in [0.29, 0.717) is 0 Å². The molecule has 0 amide bonds. The summed E-state index contributed by atoms with van der Waals surface area (Å²) in [6.45, 7) is 5.55. The third-order valence-electron chi connectivity index (χ3n) is 2.51. The van der Waals surface area contributed by atoms with Crippen molar-refractivity contribution < 1.29 is 14.6 Å². The minimum absolute atomic E-state index is 0.183. The summed E-state index contributed by atoms with van der Waals surface area (Å²) in [5, 5.41) is 12.1. The summed E-state index contributed by atoms with van der Waals surface area (Å²) in [5.74, 6) is -0.804. The van der Waals surface area contributed by atoms with Gasteiger partial charge >= 0.3 is 5.97 Å². The highest BCUT2D eigenvalue weighted by Gasteiger charge is 2.29. The summed E-state index contributed by atoms with van der Waals surface area (Å²) >= 11 is 0. The first kappa shape index (κ1) is 11.5. The Balaban J connectivity index is 2.28. The fourth-order valence-corrected chi connectivity index (χ4v) is 1.35. The smallest absolute Gasteiger partial charge is 0.311 e. The quantitative estimate of drug-likeness (QED) is 0.708. The molecule has 14 heavy (non-hydrogen) atoms. The maximum Gasteiger partial charge on any atom is 0.311 e. The van der Waals surface area contributed by atoms with Crippen LogP contribution in [-0.4, -0.2) is 36.9 Å². The van der Waals surface area contributed by atoms with Gasteiger partial charge in [-0.3, -0.25) is 4.79 Å². The number of hydrogen-bond donors (Lipinski definition) is 2. The highest BCUT2D eigenvalue weighted by atomic mass is 16.5. The molecule has 1 aliphatic heterocycles. The van der Waals surface area contributed by atoms with Crippen LogP contribution in [0.4, 0.5) is 0 Å². The van der Waals surface area contributed by atoms with Crippen LogP contribution < -0.4 is 5.32 Å². The van der Waals surface area contributed by atoms with Crippen LogP contribution in [0.5, 0.6) is 0 Å². The third kappa shape index (κ3) is 3.27. The summed E-state index contributed by atoms with van der Waals surface area (Å²) in [4.78, 5) is 10.8. The lowest BCUT2D eigenvalue weighted by atomic mass is 9.95. The molecule has 2 N–H and O–H groups in total. The third-order valence-corrected chi connectivity index (χ3v) is 2.51. The number of carbonyl (C=O) groups is 1. The van der Waals surface area contributed by atoms with Gasteiger partial charge in [0, 0.05) is 6.54 Å². The molecule has 1 heterocycles. The summed E-state index contributed by atoms with van der Waals surface area (Å²) < 4.78 is 5.57. The second-order valence-corrected chi connectivity index (χ2v) is 4.47. The summed E-state index contributed by atoms with van der Waals surface area (Å²) in [5.41, 5.74) is -0.780. The maximum absolute atomic E-state index is 10.8. The van der Waals surface area contributed by atoms with E-state index in [0.717, 1.165) is 25.9 Å². The number of piperidine rings is 1. The van der Waals surface area contributed by atoms with E-state index in [9.17, 15) is 4.79 Å². The predicted molar refractivity (Wildman–Crippen MR) is 53.3 cm³/mol. The Morgan fingerprint density at radius 3 is 2.86 bits per heavy atom. The van der Waals surface area contributed by atoms with Crippen molar-refractivity contribution in [2.45, 2.75) is 32.8 Å². The van der Waals surface area contributed by atoms with E-state index in [1.807, 2.05) is 0 Å². The molecule has 0 aromatic carbocycles. The minimum atomic E-state index is -0.804. The standard InChI is InChI=1S/C10H19NO3/c1-10(2,9(12)13)7-14-8-4-3-5-11-6-8/h8,11H,3-7H2,1-2H3,(H,12,13)/t8-/m0/s1. The van der Waals surface area contributed by atoms with Crippen molar-refractivity contribution in [3.05, 3.63) is 0 Å². The van der Waals surface area contributed by atoms with Crippen LogP contribution in [0.3, 0.4) is 0 Å². The van der Waals surface area contributed by atoms with Gasteiger partial charge in [0.1, 0.15) is 0 Å². The lowest BCUT2D eigenvalue weighted by Crippen LogP contribution is -2.39. The molecule has 4 heteroatoms. The molecule has 4 nitrogen and oxygen atoms in total. The summed E-state index contributed by atoms with van der Waals surface area (Å²) in [6.07, 6.45) is 2.32. The van der Waals surface area contributed by atoms with Crippen LogP contribution in [0, 0.1) is 5.41 Å². The van der Waals surface area contributed by atoms with Gasteiger partial charge in [-0.25, -0.2) is 0 Å². The molecule has 1 saturated heterocycles. The molecule has 1 atom stereocenters. The first-order valence-corrected chi connectivity index (χ1v) is 5.08. The van der Waals surface area contributed by atoms with Crippen molar-refractivity contribution in [1.82, 2.24) is 5.32 Å². The molecule has 0 bridgehead atoms. The molecule has 1 aliphatic rings. The Labute approximate surface area is 84.6 Å². The highest BCUT2D eigenvalue weighted by Crippen LogP contribution is 2.18. The average molecular weight is 201 g/mol. The highest BCUT2D eigenvalue weighted by molar-refractivity contribution is 5.73. The Kier molecular flexibility index (Phi) is 3.89. The number of carboxylic acid groups (broad SMARTS) is 1. The van der Waals surface area contributed by atoms with Gasteiger partial charge in [-0.05, 0) is 33.2 Å². The van der Waals surface area contributed by atoms with Crippen molar-refractivity contribution in [2.24, 2.45) is 5.41 Å². The van der Waals surface area contributed by atoms with E-state index < -0.39 is 11.4 Å². The van der Waals surface area contributed by atoms with Gasteiger partial charge in [0.2, 0.25) is 0 Å². The van der Waals surface area contributed by atoms with E-state index in [-0.39, 0.29) is 12.7 Å². The average Bonchev–Trinajstić information content (AvgIpc) is 2.16. The van der Waals surface area contributed by atoms with Crippen LogP contribution in [0.1, 0.15) is 26.7 Å². The van der Waals surface area contributed by atoms with Crippen LogP contribution in [-0.2, 0) is 9.53 Å². The molecular weight excluding hydrogens is 182 g/mol. The number of aliphatic carboxylic acids is 1. The first-order chi connectivity index (χ1) is 6.52. The second-order valence-electron chi connectivity index (χ2n) is 4.47. The Morgan fingerprint density at radius 1 is 1.64 bits per heavy atom. The molecule has 0 aromatic rings. The fourth-order valence-electron chi connectivity index (χ4n) is 1.35. The van der Waals surface area contributed by atoms with Crippen molar-refractivity contribution >= 4 is 5.97 Å². The van der Waals surface area contributed by atoms with E-state index >= 15 is 0 Å². The number of nitrogens with one attached hydrogen (secondary N) is 1. The Bertz CT molecular complexity index is 198.